The number of esters is 1. The van der Waals surface area contributed by atoms with Crippen molar-refractivity contribution in [1.29, 1.82) is 0 Å². The largest absolute Gasteiger partial charge is 0.482 e. The van der Waals surface area contributed by atoms with Gasteiger partial charge in [-0.1, -0.05) is 12.1 Å². The Morgan fingerprint density at radius 2 is 1.93 bits per heavy atom. The van der Waals surface area contributed by atoms with Crippen molar-refractivity contribution in [3.63, 3.8) is 0 Å². The Morgan fingerprint density at radius 1 is 1.18 bits per heavy atom. The second kappa shape index (κ2) is 8.81. The number of carbonyl (C=O) groups is 1. The fourth-order valence-electron chi connectivity index (χ4n) is 2.76. The van der Waals surface area contributed by atoms with Crippen molar-refractivity contribution in [3.05, 3.63) is 63.2 Å². The number of carbonyl (C=O) groups excluding carboxylic acids is 1. The summed E-state index contributed by atoms with van der Waals surface area (Å²) in [5, 5.41) is 11.4. The van der Waals surface area contributed by atoms with Crippen molar-refractivity contribution in [2.45, 2.75) is 26.6 Å². The highest BCUT2D eigenvalue weighted by molar-refractivity contribution is 5.75. The third-order valence-electron chi connectivity index (χ3n) is 4.40. The Morgan fingerprint density at radius 3 is 2.64 bits per heavy atom. The Bertz CT molecular complexity index is 875. The van der Waals surface area contributed by atoms with Crippen molar-refractivity contribution in [3.8, 4) is 11.5 Å². The van der Waals surface area contributed by atoms with Gasteiger partial charge >= 0.3 is 11.7 Å². The molecule has 1 aliphatic heterocycles. The van der Waals surface area contributed by atoms with Gasteiger partial charge in [0.1, 0.15) is 5.75 Å². The molecule has 2 aromatic carbocycles. The quantitative estimate of drug-likeness (QED) is 0.323. The molecule has 148 valence electrons. The topological polar surface area (TPSA) is 97.1 Å². The minimum Gasteiger partial charge on any atom is -0.482 e. The smallest absolute Gasteiger partial charge is 0.349 e. The van der Waals surface area contributed by atoms with Crippen LogP contribution < -0.4 is 9.47 Å². The van der Waals surface area contributed by atoms with Crippen LogP contribution in [0.15, 0.2) is 36.4 Å². The van der Waals surface area contributed by atoms with Crippen molar-refractivity contribution in [1.82, 2.24) is 0 Å². The molecule has 1 saturated heterocycles. The maximum Gasteiger partial charge on any atom is 0.349 e. The molecule has 0 aromatic heterocycles. The van der Waals surface area contributed by atoms with Crippen LogP contribution >= 0.6 is 0 Å². The number of ether oxygens (including phenoxy) is 4. The molecule has 0 unspecified atom stereocenters. The summed E-state index contributed by atoms with van der Waals surface area (Å²) in [6.07, 6.45) is 0.110. The predicted octanol–water partition coefficient (Wildman–Crippen LogP) is 3.63. The predicted molar refractivity (Wildman–Crippen MR) is 99.4 cm³/mol. The van der Waals surface area contributed by atoms with Crippen molar-refractivity contribution in [2.75, 3.05) is 19.8 Å². The third kappa shape index (κ3) is 4.65. The average Bonchev–Trinajstić information content (AvgIpc) is 2.70. The van der Waals surface area contributed by atoms with Gasteiger partial charge in [0.05, 0.1) is 18.1 Å². The molecule has 2 aromatic rings. The summed E-state index contributed by atoms with van der Waals surface area (Å²) < 4.78 is 21.6. The van der Waals surface area contributed by atoms with Crippen LogP contribution in [-0.2, 0) is 14.3 Å². The van der Waals surface area contributed by atoms with E-state index in [2.05, 4.69) is 0 Å². The van der Waals surface area contributed by atoms with E-state index in [1.807, 2.05) is 26.0 Å². The Balaban J connectivity index is 1.69. The lowest BCUT2D eigenvalue weighted by atomic mass is 10.1. The van der Waals surface area contributed by atoms with E-state index in [0.717, 1.165) is 17.5 Å². The van der Waals surface area contributed by atoms with Crippen molar-refractivity contribution < 1.29 is 28.7 Å². The van der Waals surface area contributed by atoms with Crippen LogP contribution in [0.25, 0.3) is 0 Å². The molecule has 0 atom stereocenters. The summed E-state index contributed by atoms with van der Waals surface area (Å²) in [4.78, 5) is 22.9. The Hall–Kier alpha value is -2.97. The Kier molecular flexibility index (Phi) is 6.23. The molecule has 28 heavy (non-hydrogen) atoms. The number of hydrogen-bond donors (Lipinski definition) is 0. The number of rotatable bonds is 6. The summed E-state index contributed by atoms with van der Waals surface area (Å²) in [5.74, 6) is -0.325. The van der Waals surface area contributed by atoms with E-state index < -0.39 is 17.2 Å². The lowest BCUT2D eigenvalue weighted by Crippen LogP contribution is -2.19. The monoisotopic (exact) mass is 387 g/mol. The van der Waals surface area contributed by atoms with Crippen LogP contribution in [-0.4, -0.2) is 30.7 Å². The minimum absolute atomic E-state index is 0.154. The third-order valence-corrected chi connectivity index (χ3v) is 4.40. The van der Waals surface area contributed by atoms with Gasteiger partial charge < -0.3 is 18.9 Å². The zero-order chi connectivity index (χ0) is 20.1. The average molecular weight is 387 g/mol. The maximum atomic E-state index is 12.1. The molecular formula is C20H21NO7. The molecule has 3 rings (SSSR count). The summed E-state index contributed by atoms with van der Waals surface area (Å²) in [5.41, 5.74) is 2.11. The standard InChI is InChI=1S/C20H21NO7/c1-13-5-3-6-17(14(13)2)27-12-19(22)28-18-8-7-15(11-16(18)21(23)24)20-25-9-4-10-26-20/h3,5-8,11,20H,4,9-10,12H2,1-2H3. The normalized spacial score (nSPS) is 14.5. The molecule has 0 bridgehead atoms. The van der Waals surface area contributed by atoms with Gasteiger partial charge in [0, 0.05) is 11.6 Å². The van der Waals surface area contributed by atoms with E-state index in [1.165, 1.54) is 12.1 Å². The number of benzene rings is 2. The van der Waals surface area contributed by atoms with E-state index >= 15 is 0 Å². The van der Waals surface area contributed by atoms with Gasteiger partial charge in [-0.2, -0.15) is 0 Å². The van der Waals surface area contributed by atoms with E-state index in [1.54, 1.807) is 12.1 Å². The number of nitro groups is 1. The van der Waals surface area contributed by atoms with Crippen LogP contribution in [0.3, 0.4) is 0 Å². The first-order chi connectivity index (χ1) is 13.5. The molecule has 8 heteroatoms. The highest BCUT2D eigenvalue weighted by atomic mass is 16.7. The van der Waals surface area contributed by atoms with Gasteiger partial charge in [-0.25, -0.2) is 4.79 Å². The SMILES string of the molecule is Cc1cccc(OCC(=O)Oc2ccc(C3OCCCO3)cc2[N+](=O)[O-])c1C. The van der Waals surface area contributed by atoms with Crippen LogP contribution in [0.5, 0.6) is 11.5 Å². The molecule has 1 heterocycles. The highest BCUT2D eigenvalue weighted by Crippen LogP contribution is 2.33. The molecule has 8 nitrogen and oxygen atoms in total. The van der Waals surface area contributed by atoms with Crippen LogP contribution in [0.1, 0.15) is 29.4 Å². The van der Waals surface area contributed by atoms with E-state index in [-0.39, 0.29) is 18.0 Å². The second-order valence-corrected chi connectivity index (χ2v) is 6.37. The van der Waals surface area contributed by atoms with Gasteiger partial charge in [-0.05, 0) is 49.6 Å². The zero-order valence-corrected chi connectivity index (χ0v) is 15.7. The first-order valence-corrected chi connectivity index (χ1v) is 8.87. The number of aryl methyl sites for hydroxylation is 1. The van der Waals surface area contributed by atoms with Crippen molar-refractivity contribution in [2.24, 2.45) is 0 Å². The molecular weight excluding hydrogens is 366 g/mol. The lowest BCUT2D eigenvalue weighted by Gasteiger charge is -2.23. The van der Waals surface area contributed by atoms with Gasteiger partial charge in [-0.15, -0.1) is 0 Å². The Labute approximate surface area is 162 Å². The molecule has 1 aliphatic rings. The zero-order valence-electron chi connectivity index (χ0n) is 15.7. The molecule has 0 saturated carbocycles. The van der Waals surface area contributed by atoms with Crippen LogP contribution in [0, 0.1) is 24.0 Å². The van der Waals surface area contributed by atoms with Crippen molar-refractivity contribution >= 4 is 11.7 Å². The summed E-state index contributed by atoms with van der Waals surface area (Å²) in [6, 6.07) is 9.75. The molecule has 1 fully saturated rings. The van der Waals surface area contributed by atoms with E-state index in [0.29, 0.717) is 24.5 Å². The fourth-order valence-corrected chi connectivity index (χ4v) is 2.76. The van der Waals surface area contributed by atoms with E-state index in [9.17, 15) is 14.9 Å². The minimum atomic E-state index is -0.734. The number of nitro benzene ring substituents is 1. The first-order valence-electron chi connectivity index (χ1n) is 8.87. The van der Waals surface area contributed by atoms with E-state index in [4.69, 9.17) is 18.9 Å². The van der Waals surface area contributed by atoms with Gasteiger partial charge in [0.2, 0.25) is 5.75 Å². The summed E-state index contributed by atoms with van der Waals surface area (Å²) >= 11 is 0. The second-order valence-electron chi connectivity index (χ2n) is 6.37. The van der Waals surface area contributed by atoms with Gasteiger partial charge in [0.15, 0.2) is 12.9 Å². The fraction of sp³-hybridized carbons (Fsp3) is 0.350. The number of nitrogens with zero attached hydrogens (tertiary/aromatic N) is 1. The van der Waals surface area contributed by atoms with Crippen LogP contribution in [0.4, 0.5) is 5.69 Å². The summed E-state index contributed by atoms with van der Waals surface area (Å²) in [6.45, 7) is 4.49. The van der Waals surface area contributed by atoms with Crippen LogP contribution in [0.2, 0.25) is 0 Å². The van der Waals surface area contributed by atoms with Gasteiger partial charge in [-0.3, -0.25) is 10.1 Å². The summed E-state index contributed by atoms with van der Waals surface area (Å²) in [7, 11) is 0. The number of hydrogen-bond acceptors (Lipinski definition) is 7. The first kappa shape index (κ1) is 19.8. The highest BCUT2D eigenvalue weighted by Gasteiger charge is 2.24. The lowest BCUT2D eigenvalue weighted by molar-refractivity contribution is -0.385. The maximum absolute atomic E-state index is 12.1. The van der Waals surface area contributed by atoms with Gasteiger partial charge in [0.25, 0.3) is 0 Å². The molecule has 0 aliphatic carbocycles. The molecule has 0 amide bonds. The molecule has 0 radical (unpaired) electrons. The molecule has 0 spiro atoms. The molecule has 0 N–H and O–H groups in total.